The number of halogens is 2. The van der Waals surface area contributed by atoms with Gasteiger partial charge in [-0.2, -0.15) is 24.2 Å². The molecular weight excluding hydrogens is 532 g/mol. The summed E-state index contributed by atoms with van der Waals surface area (Å²) in [5.41, 5.74) is 4.95. The van der Waals surface area contributed by atoms with Crippen LogP contribution in [0.5, 0.6) is 0 Å². The van der Waals surface area contributed by atoms with Crippen molar-refractivity contribution in [2.24, 2.45) is 0 Å². The van der Waals surface area contributed by atoms with Crippen LogP contribution < -0.4 is 9.80 Å². The van der Waals surface area contributed by atoms with Crippen molar-refractivity contribution in [3.63, 3.8) is 0 Å². The van der Waals surface area contributed by atoms with Crippen LogP contribution >= 0.6 is 11.8 Å². The molecule has 3 fully saturated rings. The Bertz CT molecular complexity index is 1730. The van der Waals surface area contributed by atoms with E-state index in [0.29, 0.717) is 39.0 Å². The lowest BCUT2D eigenvalue weighted by atomic mass is 9.86. The number of piperidine rings is 1. The first kappa shape index (κ1) is 24.5. The predicted molar refractivity (Wildman–Crippen MR) is 149 cm³/mol. The van der Waals surface area contributed by atoms with Gasteiger partial charge in [-0.05, 0) is 43.0 Å². The molecule has 0 amide bonds. The number of rotatable bonds is 6. The maximum Gasteiger partial charge on any atom is 0.333 e. The normalized spacial score (nSPS) is 18.3. The number of nitriles is 1. The highest BCUT2D eigenvalue weighted by molar-refractivity contribution is 7.98. The fraction of sp³-hybridized carbons (Fsp3) is 0.250. The number of fused-ring (bicyclic) bond motifs is 3. The molecule has 12 heteroatoms. The second-order valence-electron chi connectivity index (χ2n) is 9.91. The highest BCUT2D eigenvalue weighted by Gasteiger charge is 2.45. The molecule has 2 unspecified atom stereocenters. The third kappa shape index (κ3) is 4.05. The fourth-order valence-corrected chi connectivity index (χ4v) is 6.13. The van der Waals surface area contributed by atoms with Crippen LogP contribution in [0.3, 0.4) is 0 Å². The molecule has 200 valence electrons. The lowest BCUT2D eigenvalue weighted by Gasteiger charge is -2.57. The third-order valence-electron chi connectivity index (χ3n) is 7.67. The number of hydrogen-bond acceptors (Lipinski definition) is 8. The Morgan fingerprint density at radius 1 is 0.950 bits per heavy atom. The quantitative estimate of drug-likeness (QED) is 0.267. The Kier molecular flexibility index (Phi) is 5.89. The Hall–Kier alpha value is -4.50. The van der Waals surface area contributed by atoms with Gasteiger partial charge in [0.1, 0.15) is 11.9 Å². The molecular formula is C28H23F2N9S. The monoisotopic (exact) mass is 555 g/mol. The molecule has 9 nitrogen and oxygen atoms in total. The van der Waals surface area contributed by atoms with Crippen LogP contribution in [0.15, 0.2) is 72.5 Å². The summed E-state index contributed by atoms with van der Waals surface area (Å²) in [6, 6.07) is 13.1. The van der Waals surface area contributed by atoms with Crippen LogP contribution in [0, 0.1) is 11.3 Å². The van der Waals surface area contributed by atoms with Gasteiger partial charge in [-0.25, -0.2) is 19.2 Å². The van der Waals surface area contributed by atoms with Crippen molar-refractivity contribution in [2.75, 3.05) is 29.1 Å². The van der Waals surface area contributed by atoms with Gasteiger partial charge in [-0.3, -0.25) is 0 Å². The van der Waals surface area contributed by atoms with E-state index in [1.54, 1.807) is 28.7 Å². The first-order valence-corrected chi connectivity index (χ1v) is 14.0. The van der Waals surface area contributed by atoms with Gasteiger partial charge in [0.25, 0.3) is 0 Å². The van der Waals surface area contributed by atoms with Gasteiger partial charge in [0, 0.05) is 66.0 Å². The maximum atomic E-state index is 13.1. The molecule has 8 heterocycles. The minimum atomic E-state index is -2.73. The molecule has 0 aliphatic carbocycles. The molecule has 0 saturated carbocycles. The van der Waals surface area contributed by atoms with Crippen LogP contribution in [-0.4, -0.2) is 60.8 Å². The molecule has 0 radical (unpaired) electrons. The first-order valence-electron chi connectivity index (χ1n) is 12.8. The number of pyridine rings is 3. The van der Waals surface area contributed by atoms with Crippen molar-refractivity contribution in [3.8, 4) is 28.3 Å². The summed E-state index contributed by atoms with van der Waals surface area (Å²) >= 11 is 1.64. The number of nitrogens with zero attached hydrogens (tertiary/aromatic N) is 9. The highest BCUT2D eigenvalue weighted by Crippen LogP contribution is 2.39. The lowest BCUT2D eigenvalue weighted by Crippen LogP contribution is -2.69. The standard InChI is InChI=1S/C28H23F2N9S/c1-40-26-5-3-21(12-33-26)39-22-7-23(39)16-36(15-22)25-4-2-17(9-32-25)24-6-18(20-11-35-38(14-20)28(29)30)13-37-27(24)19(8-31)10-34-37/h2-6,9-14,22-23,28H,7,15-16H2,1H3. The van der Waals surface area contributed by atoms with Crippen molar-refractivity contribution < 1.29 is 8.78 Å². The summed E-state index contributed by atoms with van der Waals surface area (Å²) in [5, 5.41) is 18.8. The minimum Gasteiger partial charge on any atom is -0.361 e. The van der Waals surface area contributed by atoms with E-state index in [9.17, 15) is 14.0 Å². The van der Waals surface area contributed by atoms with Gasteiger partial charge in [-0.1, -0.05) is 0 Å². The number of aromatic nitrogens is 6. The Morgan fingerprint density at radius 2 is 1.80 bits per heavy atom. The molecule has 0 N–H and O–H groups in total. The highest BCUT2D eigenvalue weighted by atomic mass is 32.2. The Balaban J connectivity index is 1.17. The number of hydrogen-bond donors (Lipinski definition) is 0. The molecule has 3 saturated heterocycles. The molecule has 8 rings (SSSR count). The van der Waals surface area contributed by atoms with Crippen molar-refractivity contribution in [1.29, 1.82) is 5.26 Å². The lowest BCUT2D eigenvalue weighted by molar-refractivity contribution is 0.0566. The second kappa shape index (κ2) is 9.60. The number of anilines is 2. The van der Waals surface area contributed by atoms with Gasteiger partial charge in [0.15, 0.2) is 0 Å². The van der Waals surface area contributed by atoms with Gasteiger partial charge >= 0.3 is 6.55 Å². The number of piperazine rings is 1. The van der Waals surface area contributed by atoms with E-state index < -0.39 is 6.55 Å². The number of alkyl halides is 2. The maximum absolute atomic E-state index is 13.1. The van der Waals surface area contributed by atoms with Crippen LogP contribution in [-0.2, 0) is 0 Å². The molecule has 2 bridgehead atoms. The van der Waals surface area contributed by atoms with Crippen molar-refractivity contribution in [3.05, 3.63) is 73.1 Å². The summed E-state index contributed by atoms with van der Waals surface area (Å²) in [4.78, 5) is 14.1. The molecule has 5 aromatic heterocycles. The molecule has 3 aliphatic heterocycles. The largest absolute Gasteiger partial charge is 0.361 e. The molecule has 40 heavy (non-hydrogen) atoms. The fourth-order valence-electron chi connectivity index (χ4n) is 5.77. The van der Waals surface area contributed by atoms with Gasteiger partial charge in [-0.15, -0.1) is 11.8 Å². The molecule has 2 atom stereocenters. The summed E-state index contributed by atoms with van der Waals surface area (Å²) in [7, 11) is 0. The zero-order chi connectivity index (χ0) is 27.4. The van der Waals surface area contributed by atoms with E-state index in [2.05, 4.69) is 43.2 Å². The molecule has 0 aromatic carbocycles. The van der Waals surface area contributed by atoms with Gasteiger partial charge in [0.05, 0.1) is 40.4 Å². The summed E-state index contributed by atoms with van der Waals surface area (Å²) in [6.45, 7) is -0.974. The van der Waals surface area contributed by atoms with E-state index >= 15 is 0 Å². The summed E-state index contributed by atoms with van der Waals surface area (Å²) in [6.07, 6.45) is 12.9. The average molecular weight is 556 g/mol. The van der Waals surface area contributed by atoms with Crippen molar-refractivity contribution in [1.82, 2.24) is 29.4 Å². The Morgan fingerprint density at radius 3 is 2.45 bits per heavy atom. The minimum absolute atomic E-state index is 0.414. The van der Waals surface area contributed by atoms with Gasteiger partial charge in [0.2, 0.25) is 0 Å². The van der Waals surface area contributed by atoms with E-state index in [1.165, 1.54) is 24.3 Å². The number of thioether (sulfide) groups is 1. The summed E-state index contributed by atoms with van der Waals surface area (Å²) in [5.74, 6) is 0.897. The van der Waals surface area contributed by atoms with Crippen molar-refractivity contribution >= 4 is 28.8 Å². The van der Waals surface area contributed by atoms with E-state index in [-0.39, 0.29) is 0 Å². The van der Waals surface area contributed by atoms with E-state index in [0.717, 1.165) is 41.5 Å². The smallest absolute Gasteiger partial charge is 0.333 e. The Labute approximate surface area is 232 Å². The second-order valence-corrected chi connectivity index (χ2v) is 10.7. The van der Waals surface area contributed by atoms with Crippen LogP contribution in [0.2, 0.25) is 0 Å². The molecule has 5 aromatic rings. The van der Waals surface area contributed by atoms with E-state index in [1.807, 2.05) is 30.7 Å². The third-order valence-corrected chi connectivity index (χ3v) is 8.33. The topological polar surface area (TPSA) is 91.2 Å². The van der Waals surface area contributed by atoms with E-state index in [4.69, 9.17) is 4.98 Å². The molecule has 3 aliphatic rings. The van der Waals surface area contributed by atoms with Crippen LogP contribution in [0.4, 0.5) is 20.3 Å². The zero-order valence-corrected chi connectivity index (χ0v) is 22.2. The average Bonchev–Trinajstić information content (AvgIpc) is 3.65. The summed E-state index contributed by atoms with van der Waals surface area (Å²) < 4.78 is 28.5. The van der Waals surface area contributed by atoms with Crippen LogP contribution in [0.25, 0.3) is 27.8 Å². The predicted octanol–water partition coefficient (Wildman–Crippen LogP) is 5.11. The zero-order valence-electron chi connectivity index (χ0n) is 21.4. The molecule has 0 spiro atoms. The van der Waals surface area contributed by atoms with Crippen LogP contribution in [0.1, 0.15) is 18.5 Å². The van der Waals surface area contributed by atoms with Gasteiger partial charge < -0.3 is 9.80 Å². The first-order chi connectivity index (χ1) is 19.5. The SMILES string of the molecule is CSc1ccc(N2C3CC2CN(c2ccc(-c4cc(-c5cnn(C(F)F)c5)cn5ncc(C#N)c45)cn2)C3)cn1. The van der Waals surface area contributed by atoms with Crippen molar-refractivity contribution in [2.45, 2.75) is 30.1 Å².